The average Bonchev–Trinajstić information content (AvgIpc) is 2.72. The van der Waals surface area contributed by atoms with Crippen molar-refractivity contribution in [3.05, 3.63) is 90.0 Å². The lowest BCUT2D eigenvalue weighted by molar-refractivity contribution is 0.836. The van der Waals surface area contributed by atoms with Gasteiger partial charge in [0.25, 0.3) is 0 Å². The molecule has 150 valence electrons. The van der Waals surface area contributed by atoms with E-state index < -0.39 is 22.4 Å². The van der Waals surface area contributed by atoms with E-state index in [9.17, 15) is 0 Å². The third-order valence-electron chi connectivity index (χ3n) is 5.28. The van der Waals surface area contributed by atoms with Gasteiger partial charge in [0, 0.05) is 13.8 Å². The molecule has 1 nitrogen and oxygen atoms in total. The third kappa shape index (κ3) is 4.95. The summed E-state index contributed by atoms with van der Waals surface area (Å²) in [5.41, 5.74) is 4.46. The van der Waals surface area contributed by atoms with E-state index in [-0.39, 0.29) is 0 Å². The van der Waals surface area contributed by atoms with Gasteiger partial charge in [-0.3, -0.25) is 0 Å². The largest absolute Gasteiger partial charge is 0.435 e. The van der Waals surface area contributed by atoms with Gasteiger partial charge < -0.3 is 3.65 Å². The average molecular weight is 418 g/mol. The number of para-hydroxylation sites is 1. The number of hydrogen-bond donors (Lipinski definition) is 0. The zero-order valence-electron chi connectivity index (χ0n) is 18.6. The molecule has 3 aromatic carbocycles. The minimum Gasteiger partial charge on any atom is -0.435 e. The second kappa shape index (κ2) is 9.95. The van der Waals surface area contributed by atoms with E-state index in [0.717, 1.165) is 0 Å². The van der Waals surface area contributed by atoms with Gasteiger partial charge in [0.05, 0.1) is 0 Å². The van der Waals surface area contributed by atoms with Crippen LogP contribution in [0.15, 0.2) is 78.9 Å². The Bertz CT molecular complexity index is 841. The van der Waals surface area contributed by atoms with Crippen LogP contribution >= 0.6 is 8.07 Å². The lowest BCUT2D eigenvalue weighted by Gasteiger charge is -2.41. The molecule has 0 heterocycles. The molecule has 0 bridgehead atoms. The van der Waals surface area contributed by atoms with Crippen LogP contribution in [0.2, 0.25) is 11.6 Å². The fraction of sp³-hybridized carbons (Fsp3) is 0.308. The summed E-state index contributed by atoms with van der Waals surface area (Å²) in [4.78, 5) is 0. The maximum Gasteiger partial charge on any atom is 0.411 e. The summed E-state index contributed by atoms with van der Waals surface area (Å²) >= 11 is -1.19. The molecule has 0 aliphatic heterocycles. The molecule has 0 aliphatic rings. The Kier molecular flexibility index (Phi) is 7.59. The second-order valence-corrected chi connectivity index (χ2v) is 13.7. The third-order valence-corrected chi connectivity index (χ3v) is 10.8. The van der Waals surface area contributed by atoms with E-state index in [1.165, 1.54) is 27.4 Å². The molecule has 3 aromatic rings. The fourth-order valence-electron chi connectivity index (χ4n) is 3.90. The van der Waals surface area contributed by atoms with Crippen molar-refractivity contribution in [2.75, 3.05) is 3.65 Å². The topological polar surface area (TPSA) is 3.24 Å². The molecule has 0 spiro atoms. The van der Waals surface area contributed by atoms with Crippen molar-refractivity contribution in [2.24, 2.45) is 0 Å². The van der Waals surface area contributed by atoms with Gasteiger partial charge in [-0.15, -0.1) is 0 Å². The summed E-state index contributed by atoms with van der Waals surface area (Å²) in [6, 6.07) is 29.2. The number of rotatable bonds is 7. The van der Waals surface area contributed by atoms with Crippen LogP contribution in [0.4, 0.5) is 5.69 Å². The molecule has 0 atom stereocenters. The van der Waals surface area contributed by atoms with Crippen LogP contribution in [0.5, 0.6) is 0 Å². The van der Waals surface area contributed by atoms with E-state index in [1.54, 1.807) is 0 Å². The highest BCUT2D eigenvalue weighted by molar-refractivity contribution is 7.76. The Balaban J connectivity index is 2.31. The molecule has 0 saturated heterocycles. The second-order valence-electron chi connectivity index (χ2n) is 8.52. The normalized spacial score (nSPS) is 11.3. The number of nitrogens with zero attached hydrogens (tertiary/aromatic N) is 1. The summed E-state index contributed by atoms with van der Waals surface area (Å²) in [5, 5.41) is 2.87. The molecule has 3 rings (SSSR count). The molecule has 0 radical (unpaired) electrons. The SMILES string of the molecule is CC(C)c1cccc(C(C)C)c1[N]([Al]([CH3])[CH3])P(c1ccccc1)c1ccccc1. The van der Waals surface area contributed by atoms with Gasteiger partial charge in [-0.25, -0.2) is 0 Å². The summed E-state index contributed by atoms with van der Waals surface area (Å²) in [7, 11) is -0.617. The zero-order chi connectivity index (χ0) is 21.0. The van der Waals surface area contributed by atoms with Gasteiger partial charge in [-0.05, 0) is 33.6 Å². The van der Waals surface area contributed by atoms with Gasteiger partial charge >= 0.3 is 14.4 Å². The van der Waals surface area contributed by atoms with E-state index in [4.69, 9.17) is 0 Å². The molecular formula is C26H33AlNP. The summed E-state index contributed by atoms with van der Waals surface area (Å²) in [5.74, 6) is 5.95. The van der Waals surface area contributed by atoms with Crippen LogP contribution in [0, 0.1) is 0 Å². The maximum atomic E-state index is 2.85. The van der Waals surface area contributed by atoms with E-state index >= 15 is 0 Å². The number of hydrogen-bond acceptors (Lipinski definition) is 1. The lowest BCUT2D eigenvalue weighted by Crippen LogP contribution is -2.38. The Labute approximate surface area is 183 Å². The smallest absolute Gasteiger partial charge is 0.411 e. The van der Waals surface area contributed by atoms with Crippen molar-refractivity contribution in [1.82, 2.24) is 0 Å². The highest BCUT2D eigenvalue weighted by Gasteiger charge is 2.31. The van der Waals surface area contributed by atoms with Gasteiger partial charge in [0.2, 0.25) is 0 Å². The van der Waals surface area contributed by atoms with Gasteiger partial charge in [-0.2, -0.15) is 0 Å². The first-order valence-electron chi connectivity index (χ1n) is 10.7. The first-order valence-corrected chi connectivity index (χ1v) is 14.9. The minimum absolute atomic E-state index is 0.502. The molecule has 0 amide bonds. The first kappa shape index (κ1) is 22.1. The Morgan fingerprint density at radius 2 is 1.03 bits per heavy atom. The molecule has 0 saturated carbocycles. The number of anilines is 1. The van der Waals surface area contributed by atoms with E-state index in [0.29, 0.717) is 11.8 Å². The lowest BCUT2D eigenvalue weighted by atomic mass is 9.93. The van der Waals surface area contributed by atoms with Gasteiger partial charge in [0.1, 0.15) is 0 Å². The Morgan fingerprint density at radius 3 is 1.38 bits per heavy atom. The fourth-order valence-corrected chi connectivity index (χ4v) is 9.50. The minimum atomic E-state index is -1.19. The van der Waals surface area contributed by atoms with Crippen LogP contribution in [0.1, 0.15) is 50.7 Å². The van der Waals surface area contributed by atoms with E-state index in [2.05, 4.69) is 122 Å². The van der Waals surface area contributed by atoms with Crippen molar-refractivity contribution in [2.45, 2.75) is 51.1 Å². The molecule has 29 heavy (non-hydrogen) atoms. The zero-order valence-corrected chi connectivity index (χ0v) is 20.7. The molecule has 0 aliphatic carbocycles. The van der Waals surface area contributed by atoms with Crippen molar-refractivity contribution < 1.29 is 0 Å². The van der Waals surface area contributed by atoms with Gasteiger partial charge in [0.15, 0.2) is 0 Å². The molecule has 0 unspecified atom stereocenters. The standard InChI is InChI=1S/C24H27NP.2CH3.Al/c1-18(2)22-16-11-17-23(19(3)4)24(22)25-26(20-12-7-5-8-13-20)21-14-9-6-10-15-21;;;/h5-19H,1-4H3;2*1H3;/q-1;;;+1. The molecule has 0 fully saturated rings. The highest BCUT2D eigenvalue weighted by Crippen LogP contribution is 2.48. The molecular weight excluding hydrogens is 384 g/mol. The predicted molar refractivity (Wildman–Crippen MR) is 134 cm³/mol. The van der Waals surface area contributed by atoms with Crippen LogP contribution in [-0.4, -0.2) is 14.4 Å². The summed E-state index contributed by atoms with van der Waals surface area (Å²) < 4.78 is 2.85. The van der Waals surface area contributed by atoms with Gasteiger partial charge in [-0.1, -0.05) is 118 Å². The monoisotopic (exact) mass is 417 g/mol. The Morgan fingerprint density at radius 1 is 0.621 bits per heavy atom. The first-order chi connectivity index (χ1) is 13.9. The van der Waals surface area contributed by atoms with Crippen LogP contribution in [-0.2, 0) is 0 Å². The van der Waals surface area contributed by atoms with Crippen molar-refractivity contribution in [3.8, 4) is 0 Å². The van der Waals surface area contributed by atoms with Crippen LogP contribution in [0.25, 0.3) is 0 Å². The predicted octanol–water partition coefficient (Wildman–Crippen LogP) is 7.04. The molecule has 3 heteroatoms. The number of benzene rings is 3. The molecule has 0 N–H and O–H groups in total. The Hall–Kier alpha value is -1.58. The van der Waals surface area contributed by atoms with Crippen molar-refractivity contribution in [1.29, 1.82) is 0 Å². The van der Waals surface area contributed by atoms with Crippen LogP contribution < -0.4 is 14.3 Å². The quantitative estimate of drug-likeness (QED) is 0.294. The van der Waals surface area contributed by atoms with Crippen molar-refractivity contribution >= 4 is 38.7 Å². The maximum absolute atomic E-state index is 2.85. The highest BCUT2D eigenvalue weighted by atomic mass is 31.1. The summed E-state index contributed by atoms with van der Waals surface area (Å²) in [6.07, 6.45) is 0. The molecule has 0 aromatic heterocycles. The van der Waals surface area contributed by atoms with Crippen molar-refractivity contribution in [3.63, 3.8) is 0 Å². The summed E-state index contributed by atoms with van der Waals surface area (Å²) in [6.45, 7) is 9.32. The van der Waals surface area contributed by atoms with E-state index in [1.807, 2.05) is 0 Å². The van der Waals surface area contributed by atoms with Crippen LogP contribution in [0.3, 0.4) is 0 Å².